The van der Waals surface area contributed by atoms with Crippen LogP contribution in [-0.4, -0.2) is 49.3 Å². The van der Waals surface area contributed by atoms with Crippen molar-refractivity contribution in [3.63, 3.8) is 0 Å². The quantitative estimate of drug-likeness (QED) is 0.435. The summed E-state index contributed by atoms with van der Waals surface area (Å²) in [5.41, 5.74) is 3.17. The summed E-state index contributed by atoms with van der Waals surface area (Å²) in [7, 11) is 3.19. The fraction of sp³-hybridized carbons (Fsp3) is 0.345. The molecule has 1 atom stereocenters. The number of benzene rings is 2. The molecule has 1 N–H and O–H groups in total. The van der Waals surface area contributed by atoms with Gasteiger partial charge in [0.15, 0.2) is 5.17 Å². The van der Waals surface area contributed by atoms with Crippen LogP contribution in [0.4, 0.5) is 0 Å². The molecule has 2 aliphatic heterocycles. The van der Waals surface area contributed by atoms with E-state index in [0.29, 0.717) is 46.0 Å². The summed E-state index contributed by atoms with van der Waals surface area (Å²) in [5, 5.41) is 5.66. The third kappa shape index (κ3) is 5.29. The van der Waals surface area contributed by atoms with Crippen molar-refractivity contribution < 1.29 is 23.8 Å². The molecule has 1 unspecified atom stereocenters. The van der Waals surface area contributed by atoms with E-state index in [1.165, 1.54) is 11.8 Å². The molecule has 0 radical (unpaired) electrons. The minimum absolute atomic E-state index is 0.0584. The van der Waals surface area contributed by atoms with Gasteiger partial charge in [0.05, 0.1) is 44.6 Å². The van der Waals surface area contributed by atoms with Crippen LogP contribution < -0.4 is 14.8 Å². The van der Waals surface area contributed by atoms with Gasteiger partial charge in [0.1, 0.15) is 11.5 Å². The first-order valence-electron chi connectivity index (χ1n) is 12.7. The second kappa shape index (κ2) is 11.3. The zero-order valence-electron chi connectivity index (χ0n) is 21.7. The number of nitrogens with zero attached hydrogens (tertiary/aromatic N) is 2. The molecular weight excluding hydrogens is 502 g/mol. The summed E-state index contributed by atoms with van der Waals surface area (Å²) < 4.78 is 16.9. The first-order valence-corrected chi connectivity index (χ1v) is 13.6. The van der Waals surface area contributed by atoms with Gasteiger partial charge in [-0.25, -0.2) is 9.79 Å². The predicted octanol–water partition coefficient (Wildman–Crippen LogP) is 4.90. The van der Waals surface area contributed by atoms with E-state index in [2.05, 4.69) is 5.32 Å². The Morgan fingerprint density at radius 3 is 2.58 bits per heavy atom. The molecule has 3 aliphatic rings. The van der Waals surface area contributed by atoms with E-state index >= 15 is 0 Å². The van der Waals surface area contributed by atoms with Crippen LogP contribution in [0, 0.1) is 5.92 Å². The van der Waals surface area contributed by atoms with E-state index in [4.69, 9.17) is 19.2 Å². The van der Waals surface area contributed by atoms with E-state index in [1.807, 2.05) is 58.8 Å². The van der Waals surface area contributed by atoms with Crippen molar-refractivity contribution >= 4 is 34.5 Å². The molecular formula is C29H31N3O5S. The van der Waals surface area contributed by atoms with E-state index < -0.39 is 12.0 Å². The van der Waals surface area contributed by atoms with Crippen molar-refractivity contribution in [3.05, 3.63) is 76.3 Å². The standard InChI is InChI=1S/C29H31N3O5S/c1-4-37-28(34)25-26(19-8-6-5-7-9-19)31-29-32(20(17-38-29)14-24(33)30-16-18-10-11-18)27(25)22-15-21(35-2)12-13-23(22)36-3/h5-9,12-13,15,17-18,27H,4,10-11,14,16H2,1-3H3,(H,30,33). The number of rotatable bonds is 10. The summed E-state index contributed by atoms with van der Waals surface area (Å²) in [6, 6.07) is 14.4. The van der Waals surface area contributed by atoms with Crippen LogP contribution in [0.1, 0.15) is 43.4 Å². The Morgan fingerprint density at radius 1 is 1.11 bits per heavy atom. The number of hydrogen-bond donors (Lipinski definition) is 1. The molecule has 5 rings (SSSR count). The molecule has 2 aromatic carbocycles. The first-order chi connectivity index (χ1) is 18.5. The van der Waals surface area contributed by atoms with Crippen molar-refractivity contribution in [2.45, 2.75) is 32.2 Å². The van der Waals surface area contributed by atoms with Crippen LogP contribution in [0.25, 0.3) is 5.70 Å². The maximum absolute atomic E-state index is 13.7. The average molecular weight is 534 g/mol. The van der Waals surface area contributed by atoms with E-state index in [9.17, 15) is 9.59 Å². The highest BCUT2D eigenvalue weighted by molar-refractivity contribution is 8.16. The number of aliphatic imine (C=N–C) groups is 1. The van der Waals surface area contributed by atoms with Gasteiger partial charge in [0.2, 0.25) is 5.91 Å². The number of fused-ring (bicyclic) bond motifs is 1. The molecule has 1 fully saturated rings. The summed E-state index contributed by atoms with van der Waals surface area (Å²) in [6.45, 7) is 2.68. The van der Waals surface area contributed by atoms with Crippen molar-refractivity contribution in [1.29, 1.82) is 0 Å². The van der Waals surface area contributed by atoms with Crippen LogP contribution in [0.5, 0.6) is 11.5 Å². The third-order valence-electron chi connectivity index (χ3n) is 6.71. The Labute approximate surface area is 226 Å². The average Bonchev–Trinajstić information content (AvgIpc) is 3.70. The number of carbonyl (C=O) groups is 2. The maximum Gasteiger partial charge on any atom is 0.338 e. The number of amides is 1. The number of hydrogen-bond acceptors (Lipinski definition) is 8. The van der Waals surface area contributed by atoms with Crippen molar-refractivity contribution in [3.8, 4) is 11.5 Å². The minimum atomic E-state index is -0.653. The van der Waals surface area contributed by atoms with Gasteiger partial charge in [0.25, 0.3) is 0 Å². The maximum atomic E-state index is 13.7. The summed E-state index contributed by atoms with van der Waals surface area (Å²) in [5.74, 6) is 1.25. The largest absolute Gasteiger partial charge is 0.497 e. The molecule has 0 saturated heterocycles. The van der Waals surface area contributed by atoms with Crippen LogP contribution in [0.3, 0.4) is 0 Å². The lowest BCUT2D eigenvalue weighted by Gasteiger charge is -2.37. The van der Waals surface area contributed by atoms with Gasteiger partial charge >= 0.3 is 5.97 Å². The second-order valence-electron chi connectivity index (χ2n) is 9.27. The highest BCUT2D eigenvalue weighted by atomic mass is 32.2. The van der Waals surface area contributed by atoms with Gasteiger partial charge in [0, 0.05) is 23.4 Å². The number of nitrogens with one attached hydrogen (secondary N) is 1. The number of methoxy groups -OCH3 is 2. The molecule has 1 saturated carbocycles. The van der Waals surface area contributed by atoms with E-state index in [1.54, 1.807) is 21.1 Å². The highest BCUT2D eigenvalue weighted by Gasteiger charge is 2.43. The lowest BCUT2D eigenvalue weighted by atomic mass is 9.90. The summed E-state index contributed by atoms with van der Waals surface area (Å²) in [4.78, 5) is 33.5. The molecule has 0 bridgehead atoms. The number of ether oxygens (including phenoxy) is 3. The predicted molar refractivity (Wildman–Crippen MR) is 148 cm³/mol. The molecule has 1 aliphatic carbocycles. The lowest BCUT2D eigenvalue weighted by Crippen LogP contribution is -2.38. The van der Waals surface area contributed by atoms with Crippen LogP contribution >= 0.6 is 11.8 Å². The normalized spacial score (nSPS) is 18.4. The van der Waals surface area contributed by atoms with Gasteiger partial charge in [-0.15, -0.1) is 0 Å². The topological polar surface area (TPSA) is 89.5 Å². The molecule has 198 valence electrons. The molecule has 38 heavy (non-hydrogen) atoms. The minimum Gasteiger partial charge on any atom is -0.497 e. The SMILES string of the molecule is CCOC(=O)C1=C(c2ccccc2)N=C2SC=C(CC(=O)NCC3CC3)N2C1c1cc(OC)ccc1OC. The van der Waals surface area contributed by atoms with E-state index in [0.717, 1.165) is 24.1 Å². The van der Waals surface area contributed by atoms with Gasteiger partial charge in [-0.05, 0) is 49.3 Å². The Balaban J connectivity index is 1.65. The summed E-state index contributed by atoms with van der Waals surface area (Å²) in [6.07, 6.45) is 2.49. The van der Waals surface area contributed by atoms with Gasteiger partial charge in [-0.2, -0.15) is 0 Å². The number of carbonyl (C=O) groups excluding carboxylic acids is 2. The molecule has 2 heterocycles. The smallest absolute Gasteiger partial charge is 0.338 e. The Bertz CT molecular complexity index is 1320. The number of thioether (sulfide) groups is 1. The Hall–Kier alpha value is -3.72. The third-order valence-corrected chi connectivity index (χ3v) is 7.60. The van der Waals surface area contributed by atoms with Crippen LogP contribution in [0.15, 0.2) is 70.2 Å². The van der Waals surface area contributed by atoms with Crippen LogP contribution in [-0.2, 0) is 14.3 Å². The first kappa shape index (κ1) is 25.9. The number of esters is 1. The second-order valence-corrected chi connectivity index (χ2v) is 10.1. The van der Waals surface area contributed by atoms with Gasteiger partial charge in [-0.3, -0.25) is 4.79 Å². The fourth-order valence-corrected chi connectivity index (χ4v) is 5.56. The van der Waals surface area contributed by atoms with Crippen molar-refractivity contribution in [2.24, 2.45) is 10.9 Å². The molecule has 9 heteroatoms. The van der Waals surface area contributed by atoms with Gasteiger partial charge < -0.3 is 24.4 Å². The highest BCUT2D eigenvalue weighted by Crippen LogP contribution is 2.49. The van der Waals surface area contributed by atoms with Crippen LogP contribution in [0.2, 0.25) is 0 Å². The zero-order chi connectivity index (χ0) is 26.6. The Kier molecular flexibility index (Phi) is 7.74. The van der Waals surface area contributed by atoms with E-state index in [-0.39, 0.29) is 18.9 Å². The lowest BCUT2D eigenvalue weighted by molar-refractivity contribution is -0.139. The van der Waals surface area contributed by atoms with Gasteiger partial charge in [-0.1, -0.05) is 42.1 Å². The van der Waals surface area contributed by atoms with Crippen molar-refractivity contribution in [2.75, 3.05) is 27.4 Å². The number of amidine groups is 1. The Morgan fingerprint density at radius 2 is 1.89 bits per heavy atom. The molecule has 2 aromatic rings. The molecule has 8 nitrogen and oxygen atoms in total. The molecule has 0 aromatic heterocycles. The monoisotopic (exact) mass is 533 g/mol. The zero-order valence-corrected chi connectivity index (χ0v) is 22.5. The summed E-state index contributed by atoms with van der Waals surface area (Å²) >= 11 is 1.44. The fourth-order valence-electron chi connectivity index (χ4n) is 4.64. The van der Waals surface area contributed by atoms with Crippen molar-refractivity contribution in [1.82, 2.24) is 10.2 Å². The molecule has 1 amide bonds. The molecule has 0 spiro atoms.